The molecule has 0 saturated carbocycles. The monoisotopic (exact) mass is 308 g/mol. The Morgan fingerprint density at radius 1 is 1.43 bits per heavy atom. The van der Waals surface area contributed by atoms with Gasteiger partial charge in [-0.1, -0.05) is 20.8 Å². The maximum atomic E-state index is 9.56. The van der Waals surface area contributed by atoms with Crippen molar-refractivity contribution in [3.8, 4) is 0 Å². The summed E-state index contributed by atoms with van der Waals surface area (Å²) in [6, 6.07) is 3.62. The van der Waals surface area contributed by atoms with Gasteiger partial charge in [0, 0.05) is 16.3 Å². The van der Waals surface area contributed by atoms with Gasteiger partial charge in [0.25, 0.3) is 0 Å². The summed E-state index contributed by atoms with van der Waals surface area (Å²) in [5, 5.41) is 14.1. The van der Waals surface area contributed by atoms with Gasteiger partial charge in [-0.2, -0.15) is 0 Å². The molecule has 21 heavy (non-hydrogen) atoms. The third kappa shape index (κ3) is 3.73. The summed E-state index contributed by atoms with van der Waals surface area (Å²) >= 11 is 1.74. The highest BCUT2D eigenvalue weighted by Gasteiger charge is 2.24. The van der Waals surface area contributed by atoms with Crippen LogP contribution < -0.4 is 5.32 Å². The molecule has 0 spiro atoms. The van der Waals surface area contributed by atoms with E-state index in [0.29, 0.717) is 0 Å². The van der Waals surface area contributed by atoms with Gasteiger partial charge in [-0.25, -0.2) is 4.98 Å². The van der Waals surface area contributed by atoms with E-state index in [2.05, 4.69) is 33.0 Å². The minimum atomic E-state index is -0.199. The van der Waals surface area contributed by atoms with Gasteiger partial charge in [0.1, 0.15) is 5.76 Å². The topological polar surface area (TPSA) is 58.3 Å². The van der Waals surface area contributed by atoms with Gasteiger partial charge in [0.05, 0.1) is 29.6 Å². The molecule has 0 aliphatic rings. The predicted molar refractivity (Wildman–Crippen MR) is 85.6 cm³/mol. The summed E-state index contributed by atoms with van der Waals surface area (Å²) in [5.41, 5.74) is 1.12. The number of thiazole rings is 1. The Kier molecular flexibility index (Phi) is 4.86. The summed E-state index contributed by atoms with van der Waals surface area (Å²) in [4.78, 5) is 5.90. The quantitative estimate of drug-likeness (QED) is 0.883. The van der Waals surface area contributed by atoms with Crippen LogP contribution >= 0.6 is 11.3 Å². The molecule has 0 amide bonds. The van der Waals surface area contributed by atoms with Crippen LogP contribution in [0.2, 0.25) is 0 Å². The van der Waals surface area contributed by atoms with Crippen LogP contribution in [-0.4, -0.2) is 16.7 Å². The summed E-state index contributed by atoms with van der Waals surface area (Å²) in [5.74, 6) is 0.752. The lowest BCUT2D eigenvalue weighted by atomic mass is 9.98. The summed E-state index contributed by atoms with van der Waals surface area (Å²) in [6.07, 6.45) is 1.62. The van der Waals surface area contributed by atoms with E-state index in [9.17, 15) is 5.11 Å². The van der Waals surface area contributed by atoms with Gasteiger partial charge in [0.2, 0.25) is 0 Å². The van der Waals surface area contributed by atoms with Crippen LogP contribution in [0.4, 0.5) is 0 Å². The van der Waals surface area contributed by atoms with E-state index < -0.39 is 0 Å². The van der Waals surface area contributed by atoms with E-state index in [1.54, 1.807) is 17.6 Å². The van der Waals surface area contributed by atoms with Crippen molar-refractivity contribution in [3.63, 3.8) is 0 Å². The zero-order chi connectivity index (χ0) is 15.6. The highest BCUT2D eigenvalue weighted by molar-refractivity contribution is 7.12. The average Bonchev–Trinajstić information content (AvgIpc) is 3.03. The van der Waals surface area contributed by atoms with Crippen LogP contribution in [0.1, 0.15) is 61.1 Å². The highest BCUT2D eigenvalue weighted by Crippen LogP contribution is 2.33. The lowest BCUT2D eigenvalue weighted by Gasteiger charge is -2.19. The smallest absolute Gasteiger partial charge is 0.123 e. The maximum absolute atomic E-state index is 9.56. The summed E-state index contributed by atoms with van der Waals surface area (Å²) in [6.45, 7) is 10.7. The Balaban J connectivity index is 2.16. The molecule has 2 aromatic heterocycles. The predicted octanol–water partition coefficient (Wildman–Crippen LogP) is 3.73. The molecule has 2 unspecified atom stereocenters. The standard InChI is InChI=1S/C16H24N2O2S/c1-10(17-12(9-19)13-7-6-8-20-13)14-11(2)18-15(21-14)16(3,4)5/h6-8,10,12,17,19H,9H2,1-5H3. The number of hydrogen-bond acceptors (Lipinski definition) is 5. The minimum absolute atomic E-state index is 0.00182. The second-order valence-corrected chi connectivity index (χ2v) is 7.39. The number of aliphatic hydroxyl groups is 1. The van der Waals surface area contributed by atoms with E-state index in [4.69, 9.17) is 9.40 Å². The fourth-order valence-corrected chi connectivity index (χ4v) is 3.36. The highest BCUT2D eigenvalue weighted by atomic mass is 32.1. The van der Waals surface area contributed by atoms with E-state index in [1.807, 2.05) is 19.1 Å². The van der Waals surface area contributed by atoms with Gasteiger partial charge in [-0.05, 0) is 26.0 Å². The second kappa shape index (κ2) is 6.30. The van der Waals surface area contributed by atoms with Crippen molar-refractivity contribution in [1.29, 1.82) is 0 Å². The van der Waals surface area contributed by atoms with E-state index in [1.165, 1.54) is 4.88 Å². The largest absolute Gasteiger partial charge is 0.468 e. The zero-order valence-corrected chi connectivity index (χ0v) is 14.1. The molecular formula is C16H24N2O2S. The summed E-state index contributed by atoms with van der Waals surface area (Å²) < 4.78 is 5.38. The number of nitrogens with zero attached hydrogens (tertiary/aromatic N) is 1. The molecule has 5 heteroatoms. The number of hydrogen-bond donors (Lipinski definition) is 2. The number of rotatable bonds is 5. The van der Waals surface area contributed by atoms with Gasteiger partial charge in [0.15, 0.2) is 0 Å². The first-order valence-corrected chi connectivity index (χ1v) is 8.02. The van der Waals surface area contributed by atoms with Crippen molar-refractivity contribution in [2.24, 2.45) is 0 Å². The molecule has 0 aliphatic carbocycles. The molecular weight excluding hydrogens is 284 g/mol. The van der Waals surface area contributed by atoms with Crippen molar-refractivity contribution >= 4 is 11.3 Å². The van der Waals surface area contributed by atoms with Crippen LogP contribution in [0.5, 0.6) is 0 Å². The SMILES string of the molecule is Cc1nc(C(C)(C)C)sc1C(C)NC(CO)c1ccco1. The molecule has 116 valence electrons. The fraction of sp³-hybridized carbons (Fsp3) is 0.562. The first-order chi connectivity index (χ1) is 9.82. The third-order valence-corrected chi connectivity index (χ3v) is 5.15. The number of aryl methyl sites for hydroxylation is 1. The van der Waals surface area contributed by atoms with Crippen molar-refractivity contribution in [2.75, 3.05) is 6.61 Å². The first kappa shape index (κ1) is 16.2. The molecule has 2 N–H and O–H groups in total. The summed E-state index contributed by atoms with van der Waals surface area (Å²) in [7, 11) is 0. The lowest BCUT2D eigenvalue weighted by Crippen LogP contribution is -2.26. The molecule has 2 rings (SSSR count). The molecule has 0 saturated heterocycles. The third-order valence-electron chi connectivity index (χ3n) is 3.39. The van der Waals surface area contributed by atoms with E-state index in [0.717, 1.165) is 16.5 Å². The molecule has 0 bridgehead atoms. The Morgan fingerprint density at radius 2 is 2.14 bits per heavy atom. The molecule has 4 nitrogen and oxygen atoms in total. The number of aliphatic hydroxyl groups excluding tert-OH is 1. The van der Waals surface area contributed by atoms with Crippen LogP contribution in [-0.2, 0) is 5.41 Å². The van der Waals surface area contributed by atoms with E-state index in [-0.39, 0.29) is 24.1 Å². The fourth-order valence-electron chi connectivity index (χ4n) is 2.22. The second-order valence-electron chi connectivity index (χ2n) is 6.36. The molecule has 0 radical (unpaired) electrons. The van der Waals surface area contributed by atoms with E-state index >= 15 is 0 Å². The minimum Gasteiger partial charge on any atom is -0.468 e. The molecule has 0 aliphatic heterocycles. The Morgan fingerprint density at radius 3 is 2.62 bits per heavy atom. The van der Waals surface area contributed by atoms with Crippen LogP contribution in [0.3, 0.4) is 0 Å². The van der Waals surface area contributed by atoms with Crippen molar-refractivity contribution in [1.82, 2.24) is 10.3 Å². The Hall–Kier alpha value is -1.17. The molecule has 0 fully saturated rings. The first-order valence-electron chi connectivity index (χ1n) is 7.21. The van der Waals surface area contributed by atoms with Crippen LogP contribution in [0.15, 0.2) is 22.8 Å². The Labute approximate surface area is 130 Å². The van der Waals surface area contributed by atoms with Gasteiger partial charge in [-0.3, -0.25) is 5.32 Å². The van der Waals surface area contributed by atoms with Gasteiger partial charge in [-0.15, -0.1) is 11.3 Å². The van der Waals surface area contributed by atoms with Crippen molar-refractivity contribution < 1.29 is 9.52 Å². The molecule has 2 atom stereocenters. The molecule has 2 aromatic rings. The number of furan rings is 1. The zero-order valence-electron chi connectivity index (χ0n) is 13.3. The number of nitrogens with one attached hydrogen (secondary N) is 1. The maximum Gasteiger partial charge on any atom is 0.123 e. The number of aromatic nitrogens is 1. The Bertz CT molecular complexity index is 570. The molecule has 2 heterocycles. The van der Waals surface area contributed by atoms with Gasteiger partial charge < -0.3 is 9.52 Å². The normalized spacial score (nSPS) is 15.1. The van der Waals surface area contributed by atoms with Crippen molar-refractivity contribution in [3.05, 3.63) is 39.7 Å². The lowest BCUT2D eigenvalue weighted by molar-refractivity contribution is 0.217. The average molecular weight is 308 g/mol. The molecule has 0 aromatic carbocycles. The van der Waals surface area contributed by atoms with Crippen LogP contribution in [0.25, 0.3) is 0 Å². The van der Waals surface area contributed by atoms with Crippen molar-refractivity contribution in [2.45, 2.75) is 52.1 Å². The van der Waals surface area contributed by atoms with Gasteiger partial charge >= 0.3 is 0 Å². The van der Waals surface area contributed by atoms with Crippen LogP contribution in [0, 0.1) is 6.92 Å².